The second-order valence-electron chi connectivity index (χ2n) is 5.91. The molecule has 1 amide bonds. The van der Waals surface area contributed by atoms with Crippen LogP contribution in [0.4, 0.5) is 11.4 Å². The maximum Gasteiger partial charge on any atom is 0.251 e. The molecule has 1 heterocycles. The Morgan fingerprint density at radius 1 is 1.09 bits per heavy atom. The van der Waals surface area contributed by atoms with Crippen molar-refractivity contribution in [3.05, 3.63) is 54.4 Å². The van der Waals surface area contributed by atoms with E-state index in [1.807, 2.05) is 24.3 Å². The Morgan fingerprint density at radius 2 is 1.78 bits per heavy atom. The molecule has 2 unspecified atom stereocenters. The van der Waals surface area contributed by atoms with E-state index >= 15 is 0 Å². The first-order valence-corrected chi connectivity index (χ1v) is 7.96. The fraction of sp³-hybridized carbons (Fsp3) is 0.333. The van der Waals surface area contributed by atoms with E-state index in [-0.39, 0.29) is 17.9 Å². The molecule has 1 aliphatic rings. The number of rotatable bonds is 5. The Hall–Kier alpha value is -2.40. The Balaban J connectivity index is 1.55. The van der Waals surface area contributed by atoms with Gasteiger partial charge in [-0.15, -0.1) is 0 Å². The zero-order valence-corrected chi connectivity index (χ0v) is 12.9. The molecule has 1 aromatic carbocycles. The van der Waals surface area contributed by atoms with E-state index in [9.17, 15) is 9.90 Å². The number of carbonyl (C=O) groups is 1. The summed E-state index contributed by atoms with van der Waals surface area (Å²) in [7, 11) is 0. The van der Waals surface area contributed by atoms with Gasteiger partial charge >= 0.3 is 0 Å². The molecule has 2 aromatic rings. The molecule has 0 saturated heterocycles. The van der Waals surface area contributed by atoms with Crippen LogP contribution >= 0.6 is 0 Å². The summed E-state index contributed by atoms with van der Waals surface area (Å²) in [5.41, 5.74) is 2.49. The molecular weight excluding hydrogens is 290 g/mol. The molecule has 120 valence electrons. The number of anilines is 2. The standard InChI is InChI=1S/C18H21N3O2/c22-17-3-1-2-14(17)12-20-18(23)13-4-6-15(7-5-13)21-16-8-10-19-11-9-16/h4-11,14,17,22H,1-3,12H2,(H,19,21)(H,20,23). The van der Waals surface area contributed by atoms with Crippen molar-refractivity contribution in [1.29, 1.82) is 0 Å². The van der Waals surface area contributed by atoms with Crippen molar-refractivity contribution in [3.8, 4) is 0 Å². The van der Waals surface area contributed by atoms with Gasteiger partial charge in [-0.1, -0.05) is 6.42 Å². The Bertz CT molecular complexity index is 643. The number of nitrogens with zero attached hydrogens (tertiary/aromatic N) is 1. The first kappa shape index (κ1) is 15.5. The molecule has 1 fully saturated rings. The molecule has 0 radical (unpaired) electrons. The number of aliphatic hydroxyl groups is 1. The minimum atomic E-state index is -0.276. The van der Waals surface area contributed by atoms with Crippen molar-refractivity contribution in [1.82, 2.24) is 10.3 Å². The Morgan fingerprint density at radius 3 is 2.43 bits per heavy atom. The maximum absolute atomic E-state index is 12.2. The minimum Gasteiger partial charge on any atom is -0.393 e. The summed E-state index contributed by atoms with van der Waals surface area (Å²) >= 11 is 0. The number of amides is 1. The molecule has 23 heavy (non-hydrogen) atoms. The minimum absolute atomic E-state index is 0.0976. The second kappa shape index (κ2) is 7.24. The Kier molecular flexibility index (Phi) is 4.88. The summed E-state index contributed by atoms with van der Waals surface area (Å²) in [6.07, 6.45) is 6.04. The normalized spacial score (nSPS) is 20.2. The molecule has 0 bridgehead atoms. The van der Waals surface area contributed by atoms with Crippen LogP contribution in [0.3, 0.4) is 0 Å². The third-order valence-corrected chi connectivity index (χ3v) is 4.26. The largest absolute Gasteiger partial charge is 0.393 e. The van der Waals surface area contributed by atoms with E-state index in [0.717, 1.165) is 30.6 Å². The van der Waals surface area contributed by atoms with E-state index in [4.69, 9.17) is 0 Å². The lowest BCUT2D eigenvalue weighted by atomic mass is 10.1. The van der Waals surface area contributed by atoms with Gasteiger partial charge in [0.1, 0.15) is 0 Å². The predicted molar refractivity (Wildman–Crippen MR) is 89.6 cm³/mol. The predicted octanol–water partition coefficient (Wildman–Crippen LogP) is 2.72. The summed E-state index contributed by atoms with van der Waals surface area (Å²) < 4.78 is 0. The molecular formula is C18H21N3O2. The van der Waals surface area contributed by atoms with Crippen molar-refractivity contribution in [2.45, 2.75) is 25.4 Å². The van der Waals surface area contributed by atoms with Crippen molar-refractivity contribution in [3.63, 3.8) is 0 Å². The molecule has 2 atom stereocenters. The monoisotopic (exact) mass is 311 g/mol. The number of pyridine rings is 1. The highest BCUT2D eigenvalue weighted by molar-refractivity contribution is 5.94. The number of aromatic nitrogens is 1. The van der Waals surface area contributed by atoms with Crippen molar-refractivity contribution < 1.29 is 9.90 Å². The molecule has 1 aliphatic carbocycles. The SMILES string of the molecule is O=C(NCC1CCCC1O)c1ccc(Nc2ccncc2)cc1. The highest BCUT2D eigenvalue weighted by atomic mass is 16.3. The van der Waals surface area contributed by atoms with Gasteiger partial charge in [0.25, 0.3) is 5.91 Å². The molecule has 3 N–H and O–H groups in total. The number of benzene rings is 1. The van der Waals surface area contributed by atoms with Gasteiger partial charge in [0.05, 0.1) is 6.10 Å². The number of carbonyl (C=O) groups excluding carboxylic acids is 1. The van der Waals surface area contributed by atoms with Crippen LogP contribution in [0.5, 0.6) is 0 Å². The van der Waals surface area contributed by atoms with Crippen molar-refractivity contribution in [2.75, 3.05) is 11.9 Å². The number of hydrogen-bond acceptors (Lipinski definition) is 4. The van der Waals surface area contributed by atoms with E-state index in [0.29, 0.717) is 12.1 Å². The number of hydrogen-bond donors (Lipinski definition) is 3. The maximum atomic E-state index is 12.2. The third kappa shape index (κ3) is 4.07. The lowest BCUT2D eigenvalue weighted by Crippen LogP contribution is -2.32. The van der Waals surface area contributed by atoms with Gasteiger partial charge < -0.3 is 15.7 Å². The van der Waals surface area contributed by atoms with Crippen molar-refractivity contribution in [2.24, 2.45) is 5.92 Å². The van der Waals surface area contributed by atoms with Crippen molar-refractivity contribution >= 4 is 17.3 Å². The number of nitrogens with one attached hydrogen (secondary N) is 2. The fourth-order valence-corrected chi connectivity index (χ4v) is 2.89. The topological polar surface area (TPSA) is 74.2 Å². The summed E-state index contributed by atoms with van der Waals surface area (Å²) in [4.78, 5) is 16.1. The van der Waals surface area contributed by atoms with Gasteiger partial charge in [0.2, 0.25) is 0 Å². The second-order valence-corrected chi connectivity index (χ2v) is 5.91. The van der Waals surface area contributed by atoms with Crippen LogP contribution in [0, 0.1) is 5.92 Å². The van der Waals surface area contributed by atoms with Crippen LogP contribution in [0.1, 0.15) is 29.6 Å². The Labute approximate surface area is 135 Å². The van der Waals surface area contributed by atoms with E-state index < -0.39 is 0 Å². The van der Waals surface area contributed by atoms with Gasteiger partial charge in [-0.2, -0.15) is 0 Å². The highest BCUT2D eigenvalue weighted by Gasteiger charge is 2.25. The van der Waals surface area contributed by atoms with Gasteiger partial charge in [-0.3, -0.25) is 9.78 Å². The molecule has 5 nitrogen and oxygen atoms in total. The average Bonchev–Trinajstić information content (AvgIpc) is 2.99. The van der Waals surface area contributed by atoms with Gasteiger partial charge in [0, 0.05) is 41.8 Å². The smallest absolute Gasteiger partial charge is 0.251 e. The summed E-state index contributed by atoms with van der Waals surface area (Å²) in [6.45, 7) is 0.539. The van der Waals surface area contributed by atoms with Gasteiger partial charge in [-0.05, 0) is 49.2 Å². The van der Waals surface area contributed by atoms with Gasteiger partial charge in [-0.25, -0.2) is 0 Å². The molecule has 0 aliphatic heterocycles. The lowest BCUT2D eigenvalue weighted by Gasteiger charge is -2.15. The van der Waals surface area contributed by atoms with Crippen LogP contribution in [0.25, 0.3) is 0 Å². The zero-order chi connectivity index (χ0) is 16.1. The molecule has 5 heteroatoms. The van der Waals surface area contributed by atoms with Crippen LogP contribution < -0.4 is 10.6 Å². The zero-order valence-electron chi connectivity index (χ0n) is 12.9. The summed E-state index contributed by atoms with van der Waals surface area (Å²) in [5, 5.41) is 15.9. The lowest BCUT2D eigenvalue weighted by molar-refractivity contribution is 0.0917. The quantitative estimate of drug-likeness (QED) is 0.794. The molecule has 1 saturated carbocycles. The fourth-order valence-electron chi connectivity index (χ4n) is 2.89. The van der Waals surface area contributed by atoms with Crippen LogP contribution in [0.2, 0.25) is 0 Å². The van der Waals surface area contributed by atoms with Crippen LogP contribution in [-0.4, -0.2) is 28.6 Å². The third-order valence-electron chi connectivity index (χ3n) is 4.26. The van der Waals surface area contributed by atoms with E-state index in [1.165, 1.54) is 0 Å². The van der Waals surface area contributed by atoms with Gasteiger partial charge in [0.15, 0.2) is 0 Å². The number of aliphatic hydroxyl groups excluding tert-OH is 1. The average molecular weight is 311 g/mol. The molecule has 0 spiro atoms. The van der Waals surface area contributed by atoms with Crippen LogP contribution in [0.15, 0.2) is 48.8 Å². The summed E-state index contributed by atoms with van der Waals surface area (Å²) in [6, 6.07) is 11.1. The first-order valence-electron chi connectivity index (χ1n) is 7.96. The first-order chi connectivity index (χ1) is 11.2. The van der Waals surface area contributed by atoms with E-state index in [1.54, 1.807) is 24.5 Å². The summed E-state index contributed by atoms with van der Waals surface area (Å²) in [5.74, 6) is 0.0890. The van der Waals surface area contributed by atoms with E-state index in [2.05, 4.69) is 15.6 Å². The highest BCUT2D eigenvalue weighted by Crippen LogP contribution is 2.24. The molecule has 1 aromatic heterocycles. The van der Waals surface area contributed by atoms with Crippen LogP contribution in [-0.2, 0) is 0 Å². The molecule has 3 rings (SSSR count).